The fraction of sp³-hybridized carbons (Fsp3) is 0.0897. The highest BCUT2D eigenvalue weighted by Crippen LogP contribution is 2.46. The van der Waals surface area contributed by atoms with Gasteiger partial charge in [0.05, 0.1) is 91.6 Å². The molecule has 0 radical (unpaired) electrons. The lowest BCUT2D eigenvalue weighted by Gasteiger charge is -2.00. The van der Waals surface area contributed by atoms with Gasteiger partial charge in [0.2, 0.25) is 0 Å². The van der Waals surface area contributed by atoms with Gasteiger partial charge >= 0.3 is 22.7 Å². The first-order valence-electron chi connectivity index (χ1n) is 34.6. The smallest absolute Gasteiger partial charge is 0.393 e. The normalized spacial score (nSPS) is 13.5. The lowest BCUT2D eigenvalue weighted by Crippen LogP contribution is -2.32. The van der Waals surface area contributed by atoms with Gasteiger partial charge in [-0.2, -0.15) is 9.13 Å². The Hall–Kier alpha value is -11.7. The molecule has 20 aromatic heterocycles. The Labute approximate surface area is 611 Å². The lowest BCUT2D eigenvalue weighted by atomic mass is 10.2. The quantitative estimate of drug-likeness (QED) is 0.143. The lowest BCUT2D eigenvalue weighted by molar-refractivity contribution is -0.648. The maximum Gasteiger partial charge on any atom is 0.393 e. The Morgan fingerprint density at radius 3 is 1.29 bits per heavy atom. The molecule has 5 aliphatic rings. The molecule has 0 N–H and O–H groups in total. The fourth-order valence-electron chi connectivity index (χ4n) is 15.3. The largest absolute Gasteiger partial charge is 0.402 e. The second kappa shape index (κ2) is 22.9. The van der Waals surface area contributed by atoms with Gasteiger partial charge in [-0.15, -0.1) is 4.57 Å². The molecule has 0 saturated carbocycles. The van der Waals surface area contributed by atoms with Crippen LogP contribution in [0.3, 0.4) is 0 Å². The monoisotopic (exact) mass is 1450 g/mol. The Morgan fingerprint density at radius 1 is 0.350 bits per heavy atom. The maximum absolute atomic E-state index is 7.96. The first-order valence-corrected chi connectivity index (χ1v) is 38.0. The number of thiophene rings is 1. The molecule has 25 heteroatoms. The third kappa shape index (κ3) is 8.83. The molecule has 0 spiro atoms. The number of furan rings is 1. The molecular weight excluding hydrogens is 1400 g/mol. The second-order valence-electron chi connectivity index (χ2n) is 25.5. The highest BCUT2D eigenvalue weighted by molar-refractivity contribution is 7.32. The van der Waals surface area contributed by atoms with E-state index in [1.54, 1.807) is 47.5 Å². The Kier molecular flexibility index (Phi) is 12.4. The van der Waals surface area contributed by atoms with Gasteiger partial charge in [-0.05, 0) is 72.8 Å². The summed E-state index contributed by atoms with van der Waals surface area (Å²) < 4.78 is 54.9. The molecule has 1 aromatic carbocycles. The van der Waals surface area contributed by atoms with E-state index < -0.39 is 6.98 Å². The number of thiazole rings is 5. The summed E-state index contributed by atoms with van der Waals surface area (Å²) in [7, 11) is 2.12. The molecule has 25 heterocycles. The van der Waals surface area contributed by atoms with Crippen LogP contribution in [0.25, 0.3) is 163 Å². The molecule has 0 saturated heterocycles. The van der Waals surface area contributed by atoms with E-state index in [1.165, 1.54) is 136 Å². The van der Waals surface area contributed by atoms with Crippen molar-refractivity contribution in [2.45, 2.75) is 32.7 Å². The number of hydrogen-bond acceptors (Lipinski definition) is 17. The molecule has 0 bridgehead atoms. The van der Waals surface area contributed by atoms with Crippen LogP contribution >= 0.6 is 68.0 Å². The van der Waals surface area contributed by atoms with Crippen molar-refractivity contribution in [1.29, 1.82) is 0 Å². The zero-order valence-corrected chi connectivity index (χ0v) is 59.0. The molecule has 5 aliphatic heterocycles. The van der Waals surface area contributed by atoms with Crippen LogP contribution in [0.2, 0.25) is 0 Å². The predicted molar refractivity (Wildman–Crippen MR) is 406 cm³/mol. The van der Waals surface area contributed by atoms with Crippen LogP contribution in [0.5, 0.6) is 0 Å². The summed E-state index contributed by atoms with van der Waals surface area (Å²) in [4.78, 5) is 43.7. The minimum Gasteiger partial charge on any atom is -0.402 e. The van der Waals surface area contributed by atoms with Gasteiger partial charge in [0, 0.05) is 138 Å². The third-order valence-corrected chi connectivity index (χ3v) is 27.5. The van der Waals surface area contributed by atoms with Crippen molar-refractivity contribution < 1.29 is 31.4 Å². The van der Waals surface area contributed by atoms with Crippen molar-refractivity contribution in [3.8, 4) is 58.5 Å². The average molecular weight is 1450 g/mol. The number of nitrogens with zero attached hydrogens (tertiary/aromatic N) is 18. The first-order chi connectivity index (χ1) is 52.1. The first kappa shape index (κ1) is 56.0. The van der Waals surface area contributed by atoms with Gasteiger partial charge in [-0.1, -0.05) is 86.2 Å². The topological polar surface area (TPSA) is 176 Å². The van der Waals surface area contributed by atoms with Crippen LogP contribution in [0.1, 0.15) is 31.9 Å². The number of pyridine rings is 10. The van der Waals surface area contributed by atoms with E-state index in [0.717, 1.165) is 80.4 Å². The number of aromatic nitrogens is 18. The van der Waals surface area contributed by atoms with Crippen molar-refractivity contribution >= 4 is 173 Å². The van der Waals surface area contributed by atoms with E-state index in [4.69, 9.17) is 8.53 Å². The summed E-state index contributed by atoms with van der Waals surface area (Å²) in [6.45, 7) is 2.08. The van der Waals surface area contributed by atoms with Crippen LogP contribution < -0.4 is 22.8 Å². The van der Waals surface area contributed by atoms with E-state index >= 15 is 0 Å². The van der Waals surface area contributed by atoms with Crippen LogP contribution in [-0.2, 0) is 46.7 Å². The molecular formula is C78H51N18OS6+5. The van der Waals surface area contributed by atoms with E-state index in [-0.39, 0.29) is 0 Å². The molecule has 0 atom stereocenters. The van der Waals surface area contributed by atoms with E-state index in [2.05, 4.69) is 162 Å². The highest BCUT2D eigenvalue weighted by atomic mass is 32.1. The Balaban J connectivity index is 0.0000000830. The average Bonchev–Trinajstić information content (AvgIpc) is 1.57. The minimum atomic E-state index is -2.25. The molecule has 0 fully saturated rings. The fourth-order valence-corrected chi connectivity index (χ4v) is 23.3. The summed E-state index contributed by atoms with van der Waals surface area (Å²) in [5.41, 5.74) is 21.9. The predicted octanol–water partition coefficient (Wildman–Crippen LogP) is 14.9. The third-order valence-electron chi connectivity index (χ3n) is 20.0. The zero-order chi connectivity index (χ0) is 70.2. The SMILES string of the molecule is Cn1c2cnccc2c2sc3[n+](c21)Cc1ccncc1-3.[2H]C([2H])([2H])n1c2cnccc2c2sc3[n+](c21)Cc1ccncc1-3.c1cc2c(cn1)-c1sc3c4ccncc4oc3[n+]1C2.c1cc2c(cn1)-c1sc3c4ccncc4sc3[n+]1C2.c1ccc(-n2c3cnccc3c3sc4[n+](c32)Cc2ccncc2-4)cc1. The van der Waals surface area contributed by atoms with Crippen LogP contribution in [0, 0.1) is 0 Å². The van der Waals surface area contributed by atoms with Gasteiger partial charge in [0.1, 0.15) is 44.1 Å². The van der Waals surface area contributed by atoms with Crippen LogP contribution in [-0.4, -0.2) is 63.5 Å². The highest BCUT2D eigenvalue weighted by Gasteiger charge is 2.39. The molecule has 19 nitrogen and oxygen atoms in total. The van der Waals surface area contributed by atoms with E-state index in [0.29, 0.717) is 12.1 Å². The Bertz CT molecular complexity index is 7100. The Morgan fingerprint density at radius 2 is 0.738 bits per heavy atom. The van der Waals surface area contributed by atoms with Crippen molar-refractivity contribution in [3.05, 3.63) is 243 Å². The molecule has 26 rings (SSSR count). The van der Waals surface area contributed by atoms with Crippen LogP contribution in [0.4, 0.5) is 0 Å². The molecule has 0 aliphatic carbocycles. The summed E-state index contributed by atoms with van der Waals surface area (Å²) in [5.74, 6) is 0. The minimum absolute atomic E-state index is 0.651. The molecule has 0 amide bonds. The van der Waals surface area contributed by atoms with Gasteiger partial charge in [-0.25, -0.2) is 22.8 Å². The van der Waals surface area contributed by atoms with E-state index in [1.807, 2.05) is 163 Å². The van der Waals surface area contributed by atoms with Crippen molar-refractivity contribution in [3.63, 3.8) is 0 Å². The number of aryl methyl sites for hydroxylation is 2. The van der Waals surface area contributed by atoms with Gasteiger partial charge in [-0.3, -0.25) is 49.8 Å². The number of para-hydroxylation sites is 1. The van der Waals surface area contributed by atoms with Crippen molar-refractivity contribution in [1.82, 2.24) is 63.5 Å². The van der Waals surface area contributed by atoms with E-state index in [9.17, 15) is 0 Å². The molecule has 490 valence electrons. The van der Waals surface area contributed by atoms with Gasteiger partial charge in [0.15, 0.2) is 54.9 Å². The standard InChI is InChI=1S/C20H13N4S.2C15H11N4S.C14H8N3OS.C14H8N3S2/c1-2-4-14(5-3-1)24-17-11-22-9-7-15(17)18-19(24)23-12-13-6-8-21-10-16(13)20(23)25-18;2*1-18-12-7-17-5-3-10(12)13-14(18)19-8-9-2-4-16-6-11(9)15(19)20-13;1-3-15-5-10-8(1)7-17-13-12(19-14(10)17)9-2-4-16-6-11(9)18-13;1-3-15-5-10-8(1)7-17-13(10)19-12-9-2-4-16-6-11(9)18-14(12)17/h1-11H,12H2;2*2-7H,8H2,1H3;2*1-6H,7H2/q5*+1/i;1D3;;;. The summed E-state index contributed by atoms with van der Waals surface area (Å²) >= 11 is 10.8. The van der Waals surface area contributed by atoms with Crippen molar-refractivity contribution in [2.24, 2.45) is 14.0 Å². The van der Waals surface area contributed by atoms with Gasteiger partial charge < -0.3 is 4.42 Å². The summed E-state index contributed by atoms with van der Waals surface area (Å²) in [6, 6.07) is 31.2. The number of benzene rings is 1. The van der Waals surface area contributed by atoms with Gasteiger partial charge in [0.25, 0.3) is 14.8 Å². The zero-order valence-electron chi connectivity index (χ0n) is 57.2. The second-order valence-corrected chi connectivity index (χ2v) is 31.6. The van der Waals surface area contributed by atoms with Crippen LogP contribution in [0.15, 0.2) is 219 Å². The summed E-state index contributed by atoms with van der Waals surface area (Å²) in [5, 5.41) is 12.2. The summed E-state index contributed by atoms with van der Waals surface area (Å²) in [6.07, 6.45) is 37.4. The molecule has 21 aromatic rings. The number of rotatable bonds is 1. The molecule has 103 heavy (non-hydrogen) atoms. The molecule has 0 unspecified atom stereocenters. The number of fused-ring (bicyclic) bond motifs is 35. The number of hydrogen-bond donors (Lipinski definition) is 0. The maximum atomic E-state index is 7.96. The van der Waals surface area contributed by atoms with Crippen molar-refractivity contribution in [2.75, 3.05) is 0 Å².